The Kier molecular flexibility index (Phi) is 4.14. The highest BCUT2D eigenvalue weighted by atomic mass is 127. The quantitative estimate of drug-likeness (QED) is 0.660. The number of benzene rings is 1. The molecule has 1 heterocycles. The number of halogens is 6. The first-order valence-electron chi connectivity index (χ1n) is 5.20. The molecule has 0 saturated carbocycles. The number of anilines is 1. The minimum absolute atomic E-state index is 0.129. The number of hydrogen-bond donors (Lipinski definition) is 1. The summed E-state index contributed by atoms with van der Waals surface area (Å²) in [7, 11) is 0. The number of nitrogens with zero attached hydrogens (tertiary/aromatic N) is 2. The molecule has 0 amide bonds. The maximum absolute atomic E-state index is 12.7. The Balaban J connectivity index is 2.67. The third-order valence-corrected chi connectivity index (χ3v) is 4.49. The Morgan fingerprint density at radius 2 is 1.75 bits per heavy atom. The number of aryl methyl sites for hydroxylation is 1. The van der Waals surface area contributed by atoms with E-state index in [0.717, 1.165) is 12.1 Å². The maximum Gasteiger partial charge on any atom is 0.416 e. The normalized spacial score (nSPS) is 11.9. The van der Waals surface area contributed by atoms with Crippen LogP contribution in [0.15, 0.2) is 12.1 Å². The summed E-state index contributed by atoms with van der Waals surface area (Å²) in [5.74, 6) is 0.270. The Bertz CT molecular complexity index is 659. The van der Waals surface area contributed by atoms with Crippen LogP contribution in [-0.4, -0.2) is 9.78 Å². The smallest absolute Gasteiger partial charge is 0.383 e. The minimum atomic E-state index is -4.52. The lowest BCUT2D eigenvalue weighted by Gasteiger charge is -2.13. The van der Waals surface area contributed by atoms with Crippen LogP contribution in [0.1, 0.15) is 11.3 Å². The molecule has 0 aliphatic carbocycles. The molecule has 0 fully saturated rings. The Labute approximate surface area is 136 Å². The molecule has 0 bridgehead atoms. The van der Waals surface area contributed by atoms with Gasteiger partial charge in [-0.3, -0.25) is 0 Å². The fourth-order valence-corrected chi connectivity index (χ4v) is 2.61. The highest BCUT2D eigenvalue weighted by Gasteiger charge is 2.32. The van der Waals surface area contributed by atoms with E-state index in [1.165, 1.54) is 4.68 Å². The first-order valence-corrected chi connectivity index (χ1v) is 7.03. The average Bonchev–Trinajstić information content (AvgIpc) is 2.55. The second-order valence-corrected chi connectivity index (χ2v) is 5.88. The third-order valence-electron chi connectivity index (χ3n) is 2.58. The van der Waals surface area contributed by atoms with Crippen molar-refractivity contribution in [2.45, 2.75) is 13.1 Å². The van der Waals surface area contributed by atoms with E-state index >= 15 is 0 Å². The van der Waals surface area contributed by atoms with Gasteiger partial charge in [-0.2, -0.15) is 18.3 Å². The lowest BCUT2D eigenvalue weighted by molar-refractivity contribution is -0.137. The lowest BCUT2D eigenvalue weighted by Crippen LogP contribution is -2.08. The van der Waals surface area contributed by atoms with Crippen molar-refractivity contribution in [2.24, 2.45) is 0 Å². The number of aromatic nitrogens is 2. The van der Waals surface area contributed by atoms with Crippen LogP contribution in [0.2, 0.25) is 10.0 Å². The van der Waals surface area contributed by atoms with Crippen LogP contribution < -0.4 is 5.73 Å². The molecule has 0 aliphatic heterocycles. The Morgan fingerprint density at radius 1 is 1.25 bits per heavy atom. The summed E-state index contributed by atoms with van der Waals surface area (Å²) < 4.78 is 39.9. The van der Waals surface area contributed by atoms with Crippen molar-refractivity contribution in [3.05, 3.63) is 37.0 Å². The van der Waals surface area contributed by atoms with Crippen LogP contribution >= 0.6 is 45.8 Å². The molecule has 0 radical (unpaired) electrons. The first-order chi connectivity index (χ1) is 9.12. The molecule has 2 rings (SSSR count). The molecule has 1 aromatic heterocycles. The fraction of sp³-hybridized carbons (Fsp3) is 0.182. The first kappa shape index (κ1) is 15.7. The van der Waals surface area contributed by atoms with Crippen LogP contribution in [0, 0.1) is 10.5 Å². The van der Waals surface area contributed by atoms with Gasteiger partial charge in [0.2, 0.25) is 0 Å². The maximum atomic E-state index is 12.7. The fourth-order valence-electron chi connectivity index (χ4n) is 1.63. The van der Waals surface area contributed by atoms with Gasteiger partial charge in [-0.15, -0.1) is 0 Å². The summed E-state index contributed by atoms with van der Waals surface area (Å²) in [4.78, 5) is 0. The van der Waals surface area contributed by atoms with Crippen LogP contribution in [0.3, 0.4) is 0 Å². The summed E-state index contributed by atoms with van der Waals surface area (Å²) in [6, 6.07) is 1.60. The van der Waals surface area contributed by atoms with E-state index in [2.05, 4.69) is 5.10 Å². The lowest BCUT2D eigenvalue weighted by atomic mass is 10.2. The third kappa shape index (κ3) is 2.71. The molecule has 3 nitrogen and oxygen atoms in total. The van der Waals surface area contributed by atoms with E-state index in [9.17, 15) is 13.2 Å². The van der Waals surface area contributed by atoms with Crippen molar-refractivity contribution in [3.8, 4) is 5.69 Å². The molecule has 2 aromatic rings. The molecular weight excluding hydrogens is 429 g/mol. The van der Waals surface area contributed by atoms with Gasteiger partial charge < -0.3 is 5.73 Å². The van der Waals surface area contributed by atoms with Gasteiger partial charge in [0, 0.05) is 0 Å². The van der Waals surface area contributed by atoms with E-state index < -0.39 is 11.7 Å². The zero-order valence-electron chi connectivity index (χ0n) is 9.89. The van der Waals surface area contributed by atoms with Crippen molar-refractivity contribution in [1.29, 1.82) is 0 Å². The van der Waals surface area contributed by atoms with E-state index in [-0.39, 0.29) is 21.6 Å². The van der Waals surface area contributed by atoms with Crippen LogP contribution in [0.25, 0.3) is 5.69 Å². The number of nitrogen functional groups attached to an aromatic ring is 1. The van der Waals surface area contributed by atoms with Crippen LogP contribution in [0.5, 0.6) is 0 Å². The van der Waals surface area contributed by atoms with Crippen molar-refractivity contribution >= 4 is 51.6 Å². The molecule has 0 spiro atoms. The van der Waals surface area contributed by atoms with Gasteiger partial charge in [-0.25, -0.2) is 4.68 Å². The summed E-state index contributed by atoms with van der Waals surface area (Å²) in [6.45, 7) is 1.72. The van der Waals surface area contributed by atoms with Gasteiger partial charge in [-0.05, 0) is 41.6 Å². The molecule has 108 valence electrons. The molecule has 1 aromatic carbocycles. The minimum Gasteiger partial charge on any atom is -0.383 e. The second kappa shape index (κ2) is 5.27. The highest BCUT2D eigenvalue weighted by molar-refractivity contribution is 14.1. The summed E-state index contributed by atoms with van der Waals surface area (Å²) in [6.07, 6.45) is -4.52. The number of alkyl halides is 3. The summed E-state index contributed by atoms with van der Waals surface area (Å²) in [5.41, 5.74) is 5.69. The topological polar surface area (TPSA) is 43.8 Å². The van der Waals surface area contributed by atoms with Gasteiger partial charge >= 0.3 is 6.18 Å². The number of nitrogens with two attached hydrogens (primary N) is 1. The van der Waals surface area contributed by atoms with Crippen molar-refractivity contribution < 1.29 is 13.2 Å². The van der Waals surface area contributed by atoms with Crippen LogP contribution in [-0.2, 0) is 6.18 Å². The zero-order valence-corrected chi connectivity index (χ0v) is 13.6. The van der Waals surface area contributed by atoms with Gasteiger partial charge in [0.25, 0.3) is 0 Å². The number of hydrogen-bond acceptors (Lipinski definition) is 2. The van der Waals surface area contributed by atoms with E-state index in [4.69, 9.17) is 28.9 Å². The van der Waals surface area contributed by atoms with E-state index in [1.54, 1.807) is 6.92 Å². The summed E-state index contributed by atoms with van der Waals surface area (Å²) in [5, 5.41) is 3.79. The average molecular weight is 436 g/mol. The monoisotopic (exact) mass is 435 g/mol. The van der Waals surface area contributed by atoms with Gasteiger partial charge in [-0.1, -0.05) is 23.2 Å². The second-order valence-electron chi connectivity index (χ2n) is 3.98. The molecule has 0 saturated heterocycles. The van der Waals surface area contributed by atoms with Gasteiger partial charge in [0.1, 0.15) is 11.5 Å². The van der Waals surface area contributed by atoms with Gasteiger partial charge in [0.15, 0.2) is 0 Å². The molecule has 9 heteroatoms. The number of rotatable bonds is 1. The molecule has 0 unspecified atom stereocenters. The SMILES string of the molecule is Cc1nn(-c2c(Cl)cc(C(F)(F)F)cc2Cl)c(N)c1I. The predicted molar refractivity (Wildman–Crippen MR) is 80.5 cm³/mol. The standard InChI is InChI=1S/C11H7Cl2F3IN3/c1-4-8(17)10(18)20(19-4)9-6(12)2-5(3-7(9)13)11(14,15)16/h2-3H,18H2,1H3. The Morgan fingerprint density at radius 3 is 2.10 bits per heavy atom. The van der Waals surface area contributed by atoms with E-state index in [1.807, 2.05) is 22.6 Å². The van der Waals surface area contributed by atoms with Gasteiger partial charge in [0.05, 0.1) is 24.9 Å². The molecule has 2 N–H and O–H groups in total. The molecule has 0 aliphatic rings. The molecule has 20 heavy (non-hydrogen) atoms. The van der Waals surface area contributed by atoms with Crippen LogP contribution in [0.4, 0.5) is 19.0 Å². The predicted octanol–water partition coefficient (Wildman–Crippen LogP) is 4.69. The zero-order chi connectivity index (χ0) is 15.2. The summed E-state index contributed by atoms with van der Waals surface area (Å²) >= 11 is 13.8. The largest absolute Gasteiger partial charge is 0.416 e. The van der Waals surface area contributed by atoms with Crippen molar-refractivity contribution in [2.75, 3.05) is 5.73 Å². The molecular formula is C11H7Cl2F3IN3. The highest BCUT2D eigenvalue weighted by Crippen LogP contribution is 2.38. The van der Waals surface area contributed by atoms with Crippen molar-refractivity contribution in [3.63, 3.8) is 0 Å². The van der Waals surface area contributed by atoms with E-state index in [0.29, 0.717) is 9.26 Å². The molecule has 0 atom stereocenters. The Hall–Kier alpha value is -0.670. The van der Waals surface area contributed by atoms with Crippen molar-refractivity contribution in [1.82, 2.24) is 9.78 Å².